The summed E-state index contributed by atoms with van der Waals surface area (Å²) in [4.78, 5) is 7.33. The standard InChI is InChI=1S/C30H27F2N7O2/c1-19(2)17-39(18-20-8-4-3-5-9-20)28-16-22(33-21-12-13-26-27(15-21)41-30(31,32)40-26)14-25(34-28)23-10-6-7-11-24(23)29-35-37-38-36-29/h3-16,19H,17-18H2,1-2H3,(H,33,34)(H,35,36,37,38). The molecule has 11 heteroatoms. The number of hydrogen-bond donors (Lipinski definition) is 2. The number of hydrogen-bond acceptors (Lipinski definition) is 8. The van der Waals surface area contributed by atoms with Gasteiger partial charge in [-0.05, 0) is 40.1 Å². The van der Waals surface area contributed by atoms with Crippen molar-refractivity contribution < 1.29 is 18.3 Å². The van der Waals surface area contributed by atoms with E-state index in [1.54, 1.807) is 6.07 Å². The van der Waals surface area contributed by atoms with Crippen LogP contribution in [0.15, 0.2) is 84.9 Å². The molecule has 0 fully saturated rings. The fraction of sp³-hybridized carbons (Fsp3) is 0.200. The highest BCUT2D eigenvalue weighted by molar-refractivity contribution is 5.81. The quantitative estimate of drug-likeness (QED) is 0.208. The van der Waals surface area contributed by atoms with Gasteiger partial charge in [-0.25, -0.2) is 10.1 Å². The van der Waals surface area contributed by atoms with Crippen molar-refractivity contribution in [2.45, 2.75) is 26.7 Å². The molecule has 6 rings (SSSR count). The molecular weight excluding hydrogens is 528 g/mol. The Hall–Kier alpha value is -5.06. The maximum absolute atomic E-state index is 13.6. The van der Waals surface area contributed by atoms with E-state index < -0.39 is 6.29 Å². The van der Waals surface area contributed by atoms with Crippen molar-refractivity contribution in [2.75, 3.05) is 16.8 Å². The van der Waals surface area contributed by atoms with Crippen LogP contribution in [0.25, 0.3) is 22.6 Å². The average Bonchev–Trinajstić information content (AvgIpc) is 3.59. The molecular formula is C30H27F2N7O2. The van der Waals surface area contributed by atoms with Crippen LogP contribution in [0.1, 0.15) is 19.4 Å². The van der Waals surface area contributed by atoms with Gasteiger partial charge in [0.2, 0.25) is 0 Å². The van der Waals surface area contributed by atoms with E-state index in [-0.39, 0.29) is 11.5 Å². The molecule has 0 atom stereocenters. The van der Waals surface area contributed by atoms with Crippen molar-refractivity contribution >= 4 is 17.2 Å². The number of ether oxygens (including phenoxy) is 2. The number of aromatic amines is 1. The fourth-order valence-corrected chi connectivity index (χ4v) is 4.75. The molecule has 0 bridgehead atoms. The summed E-state index contributed by atoms with van der Waals surface area (Å²) in [7, 11) is 0. The number of nitrogens with one attached hydrogen (secondary N) is 2. The number of fused-ring (bicyclic) bond motifs is 1. The average molecular weight is 556 g/mol. The van der Waals surface area contributed by atoms with Crippen molar-refractivity contribution in [2.24, 2.45) is 5.92 Å². The summed E-state index contributed by atoms with van der Waals surface area (Å²) in [6, 6.07) is 26.4. The number of aromatic nitrogens is 5. The second-order valence-corrected chi connectivity index (χ2v) is 10.1. The van der Waals surface area contributed by atoms with Crippen molar-refractivity contribution in [3.8, 4) is 34.1 Å². The summed E-state index contributed by atoms with van der Waals surface area (Å²) in [6.07, 6.45) is -3.69. The first kappa shape index (κ1) is 26.2. The third-order valence-electron chi connectivity index (χ3n) is 6.43. The lowest BCUT2D eigenvalue weighted by molar-refractivity contribution is -0.286. The second-order valence-electron chi connectivity index (χ2n) is 10.1. The molecule has 1 aliphatic rings. The van der Waals surface area contributed by atoms with Gasteiger partial charge in [0.15, 0.2) is 17.3 Å². The minimum absolute atomic E-state index is 0.0165. The Bertz CT molecular complexity index is 1650. The number of tetrazole rings is 1. The Kier molecular flexibility index (Phi) is 6.92. The highest BCUT2D eigenvalue weighted by Gasteiger charge is 2.43. The predicted octanol–water partition coefficient (Wildman–Crippen LogP) is 6.66. The lowest BCUT2D eigenvalue weighted by Crippen LogP contribution is -2.28. The van der Waals surface area contributed by atoms with Gasteiger partial charge in [0.1, 0.15) is 5.82 Å². The van der Waals surface area contributed by atoms with Crippen LogP contribution in [0.3, 0.4) is 0 Å². The monoisotopic (exact) mass is 555 g/mol. The molecule has 2 N–H and O–H groups in total. The molecule has 0 saturated carbocycles. The maximum Gasteiger partial charge on any atom is 0.586 e. The zero-order valence-corrected chi connectivity index (χ0v) is 22.4. The summed E-state index contributed by atoms with van der Waals surface area (Å²) < 4.78 is 36.4. The van der Waals surface area contributed by atoms with Crippen molar-refractivity contribution in [1.82, 2.24) is 25.6 Å². The van der Waals surface area contributed by atoms with Crippen molar-refractivity contribution in [3.05, 3.63) is 90.5 Å². The van der Waals surface area contributed by atoms with E-state index in [4.69, 9.17) is 4.98 Å². The van der Waals surface area contributed by atoms with Gasteiger partial charge in [-0.2, -0.15) is 0 Å². The van der Waals surface area contributed by atoms with Crippen molar-refractivity contribution in [1.29, 1.82) is 0 Å². The van der Waals surface area contributed by atoms with E-state index in [9.17, 15) is 8.78 Å². The number of anilines is 3. The van der Waals surface area contributed by atoms with Gasteiger partial charge < -0.3 is 19.7 Å². The van der Waals surface area contributed by atoms with Gasteiger partial charge in [0, 0.05) is 47.7 Å². The van der Waals surface area contributed by atoms with Crippen molar-refractivity contribution in [3.63, 3.8) is 0 Å². The molecule has 3 aromatic carbocycles. The molecule has 1 aliphatic heterocycles. The van der Waals surface area contributed by atoms with Crippen LogP contribution in [0.5, 0.6) is 11.5 Å². The largest absolute Gasteiger partial charge is 0.586 e. The zero-order valence-electron chi connectivity index (χ0n) is 22.4. The third-order valence-corrected chi connectivity index (χ3v) is 6.43. The van der Waals surface area contributed by atoms with Crippen LogP contribution in [-0.2, 0) is 6.54 Å². The second kappa shape index (κ2) is 10.8. The normalized spacial score (nSPS) is 13.4. The van der Waals surface area contributed by atoms with Gasteiger partial charge in [0.05, 0.1) is 5.69 Å². The molecule has 3 heterocycles. The Labute approximate surface area is 235 Å². The molecule has 0 unspecified atom stereocenters. The van der Waals surface area contributed by atoms with Crippen LogP contribution in [0, 0.1) is 5.92 Å². The van der Waals surface area contributed by atoms with Crippen LogP contribution < -0.4 is 19.7 Å². The highest BCUT2D eigenvalue weighted by Crippen LogP contribution is 2.43. The van der Waals surface area contributed by atoms with Gasteiger partial charge in [-0.1, -0.05) is 68.4 Å². The summed E-state index contributed by atoms with van der Waals surface area (Å²) in [5.41, 5.74) is 4.72. The van der Waals surface area contributed by atoms with Gasteiger partial charge in [0.25, 0.3) is 0 Å². The smallest absolute Gasteiger partial charge is 0.395 e. The molecule has 0 radical (unpaired) electrons. The van der Waals surface area contributed by atoms with E-state index >= 15 is 0 Å². The highest BCUT2D eigenvalue weighted by atomic mass is 19.3. The third kappa shape index (κ3) is 5.93. The minimum atomic E-state index is -3.69. The Balaban J connectivity index is 1.44. The first-order chi connectivity index (χ1) is 19.8. The number of rotatable bonds is 9. The number of H-pyrrole nitrogens is 1. The topological polar surface area (TPSA) is 101 Å². The number of halogens is 2. The lowest BCUT2D eigenvalue weighted by atomic mass is 10.0. The number of pyridine rings is 1. The van der Waals surface area contributed by atoms with E-state index in [0.29, 0.717) is 35.4 Å². The zero-order chi connectivity index (χ0) is 28.4. The van der Waals surface area contributed by atoms with Gasteiger partial charge in [-0.3, -0.25) is 0 Å². The molecule has 2 aromatic heterocycles. The Morgan fingerprint density at radius 3 is 2.39 bits per heavy atom. The molecule has 0 spiro atoms. The first-order valence-electron chi connectivity index (χ1n) is 13.1. The molecule has 0 amide bonds. The molecule has 0 saturated heterocycles. The van der Waals surface area contributed by atoms with E-state index in [1.807, 2.05) is 54.6 Å². The number of alkyl halides is 2. The van der Waals surface area contributed by atoms with Crippen LogP contribution in [0.4, 0.5) is 26.0 Å². The number of nitrogens with zero attached hydrogens (tertiary/aromatic N) is 5. The Morgan fingerprint density at radius 1 is 0.878 bits per heavy atom. The van der Waals surface area contributed by atoms with Crippen LogP contribution in [0.2, 0.25) is 0 Å². The molecule has 41 heavy (non-hydrogen) atoms. The fourth-order valence-electron chi connectivity index (χ4n) is 4.75. The summed E-state index contributed by atoms with van der Waals surface area (Å²) >= 11 is 0. The predicted molar refractivity (Wildman–Crippen MR) is 151 cm³/mol. The van der Waals surface area contributed by atoms with Gasteiger partial charge in [-0.15, -0.1) is 13.9 Å². The van der Waals surface area contributed by atoms with Gasteiger partial charge >= 0.3 is 6.29 Å². The minimum Gasteiger partial charge on any atom is -0.395 e. The van der Waals surface area contributed by atoms with E-state index in [2.05, 4.69) is 66.3 Å². The summed E-state index contributed by atoms with van der Waals surface area (Å²) in [5.74, 6) is 1.58. The summed E-state index contributed by atoms with van der Waals surface area (Å²) in [6.45, 7) is 5.74. The Morgan fingerprint density at radius 2 is 1.63 bits per heavy atom. The van der Waals surface area contributed by atoms with E-state index in [1.165, 1.54) is 12.1 Å². The van der Waals surface area contributed by atoms with Crippen LogP contribution >= 0.6 is 0 Å². The SMILES string of the molecule is CC(C)CN(Cc1ccccc1)c1cc(Nc2ccc3c(c2)OC(F)(F)O3)cc(-c2ccccc2-c2nnn[nH]2)n1. The lowest BCUT2D eigenvalue weighted by Gasteiger charge is -2.27. The van der Waals surface area contributed by atoms with Crippen LogP contribution in [-0.4, -0.2) is 38.4 Å². The molecule has 208 valence electrons. The molecule has 9 nitrogen and oxygen atoms in total. The van der Waals surface area contributed by atoms with E-state index in [0.717, 1.165) is 29.1 Å². The molecule has 0 aliphatic carbocycles. The molecule has 5 aromatic rings. The number of benzene rings is 3. The maximum atomic E-state index is 13.6. The first-order valence-corrected chi connectivity index (χ1v) is 13.1. The summed E-state index contributed by atoms with van der Waals surface area (Å²) in [5, 5.41) is 17.7.